The Morgan fingerprint density at radius 3 is 2.50 bits per heavy atom. The molecule has 10 heteroatoms. The van der Waals surface area contributed by atoms with E-state index in [9.17, 15) is 22.8 Å². The van der Waals surface area contributed by atoms with Gasteiger partial charge in [0.05, 0.1) is 22.7 Å². The molecule has 3 aliphatic rings. The maximum Gasteiger partial charge on any atom is 0.417 e. The van der Waals surface area contributed by atoms with Gasteiger partial charge in [0.2, 0.25) is 0 Å². The highest BCUT2D eigenvalue weighted by atomic mass is 19.4. The van der Waals surface area contributed by atoms with Crippen LogP contribution in [-0.4, -0.2) is 60.1 Å². The van der Waals surface area contributed by atoms with Gasteiger partial charge in [-0.2, -0.15) is 18.4 Å². The molecule has 2 N–H and O–H groups in total. The summed E-state index contributed by atoms with van der Waals surface area (Å²) in [6.07, 6.45) is -2.45. The molecule has 0 radical (unpaired) electrons. The number of nitrogens with zero attached hydrogens (tertiary/aromatic N) is 3. The summed E-state index contributed by atoms with van der Waals surface area (Å²) < 4.78 is 38.8. The molecule has 1 spiro atoms. The summed E-state index contributed by atoms with van der Waals surface area (Å²) in [5.74, 6) is 0.249. The monoisotopic (exact) mass is 421 g/mol. The second kappa shape index (κ2) is 7.38. The van der Waals surface area contributed by atoms with E-state index >= 15 is 0 Å². The number of alkyl halides is 3. The molecule has 4 rings (SSSR count). The number of rotatable bonds is 2. The van der Waals surface area contributed by atoms with Crippen molar-refractivity contribution in [2.75, 3.05) is 32.7 Å². The molecule has 4 amide bonds. The molecule has 7 nitrogen and oxygen atoms in total. The lowest BCUT2D eigenvalue weighted by Gasteiger charge is -2.49. The molecule has 30 heavy (non-hydrogen) atoms. The first-order valence-corrected chi connectivity index (χ1v) is 9.89. The average molecular weight is 421 g/mol. The number of carbonyl (C=O) groups excluding carboxylic acids is 2. The third-order valence-electron chi connectivity index (χ3n) is 6.14. The second-order valence-electron chi connectivity index (χ2n) is 8.35. The lowest BCUT2D eigenvalue weighted by molar-refractivity contribution is -0.137. The van der Waals surface area contributed by atoms with Crippen LogP contribution in [0.1, 0.15) is 29.5 Å². The van der Waals surface area contributed by atoms with E-state index in [4.69, 9.17) is 5.26 Å². The Morgan fingerprint density at radius 2 is 1.93 bits per heavy atom. The van der Waals surface area contributed by atoms with Gasteiger partial charge in [0, 0.05) is 32.7 Å². The van der Waals surface area contributed by atoms with Gasteiger partial charge < -0.3 is 20.4 Å². The van der Waals surface area contributed by atoms with E-state index < -0.39 is 11.7 Å². The number of benzene rings is 1. The topological polar surface area (TPSA) is 88.5 Å². The number of urea groups is 2. The number of nitrogens with one attached hydrogen (secondary N) is 2. The number of hydrogen-bond donors (Lipinski definition) is 2. The lowest BCUT2D eigenvalue weighted by Crippen LogP contribution is -2.71. The summed E-state index contributed by atoms with van der Waals surface area (Å²) >= 11 is 0. The summed E-state index contributed by atoms with van der Waals surface area (Å²) in [6, 6.07) is 5.13. The standard InChI is InChI=1S/C20H22F3N5O2/c21-20(22,23)16-2-1-14(8-15(16)9-24)7-13-3-5-27(6-4-13)18(30)28-11-19(12-28)10-25-17(29)26-19/h1-2,8,13H,3-7,10-12H2,(H2,25,26,29). The van der Waals surface area contributed by atoms with Gasteiger partial charge in [0.15, 0.2) is 0 Å². The van der Waals surface area contributed by atoms with Crippen molar-refractivity contribution in [3.8, 4) is 6.07 Å². The largest absolute Gasteiger partial charge is 0.417 e. The van der Waals surface area contributed by atoms with Gasteiger partial charge in [-0.1, -0.05) is 6.07 Å². The van der Waals surface area contributed by atoms with Crippen LogP contribution in [0.5, 0.6) is 0 Å². The van der Waals surface area contributed by atoms with Gasteiger partial charge in [0.25, 0.3) is 0 Å². The molecule has 0 unspecified atom stereocenters. The molecule has 0 aromatic heterocycles. The van der Waals surface area contributed by atoms with Gasteiger partial charge in [-0.3, -0.25) is 0 Å². The van der Waals surface area contributed by atoms with E-state index in [1.165, 1.54) is 12.1 Å². The van der Waals surface area contributed by atoms with Crippen LogP contribution in [0.15, 0.2) is 18.2 Å². The number of likely N-dealkylation sites (tertiary alicyclic amines) is 2. The minimum absolute atomic E-state index is 0.0403. The second-order valence-corrected chi connectivity index (χ2v) is 8.35. The van der Waals surface area contributed by atoms with Crippen molar-refractivity contribution in [1.82, 2.24) is 20.4 Å². The summed E-state index contributed by atoms with van der Waals surface area (Å²) in [4.78, 5) is 27.5. The van der Waals surface area contributed by atoms with Crippen LogP contribution in [0.4, 0.5) is 22.8 Å². The highest BCUT2D eigenvalue weighted by molar-refractivity contribution is 5.80. The Labute approximate surface area is 171 Å². The number of carbonyl (C=O) groups is 2. The number of nitriles is 1. The maximum atomic E-state index is 12.9. The summed E-state index contributed by atoms with van der Waals surface area (Å²) in [7, 11) is 0. The molecular formula is C20H22F3N5O2. The highest BCUT2D eigenvalue weighted by Gasteiger charge is 2.50. The predicted molar refractivity (Wildman–Crippen MR) is 100 cm³/mol. The molecule has 3 saturated heterocycles. The Hall–Kier alpha value is -2.96. The van der Waals surface area contributed by atoms with Crippen molar-refractivity contribution in [3.63, 3.8) is 0 Å². The molecule has 0 aliphatic carbocycles. The summed E-state index contributed by atoms with van der Waals surface area (Å²) in [6.45, 7) is 2.68. The van der Waals surface area contributed by atoms with Crippen LogP contribution in [0.3, 0.4) is 0 Å². The van der Waals surface area contributed by atoms with Gasteiger partial charge >= 0.3 is 18.2 Å². The molecule has 3 fully saturated rings. The molecule has 160 valence electrons. The summed E-state index contributed by atoms with van der Waals surface area (Å²) in [5.41, 5.74) is -0.895. The first-order chi connectivity index (χ1) is 14.2. The van der Waals surface area contributed by atoms with E-state index in [0.29, 0.717) is 44.7 Å². The van der Waals surface area contributed by atoms with Crippen LogP contribution < -0.4 is 10.6 Å². The number of piperidine rings is 1. The normalized spacial score (nSPS) is 21.1. The zero-order valence-corrected chi connectivity index (χ0v) is 16.3. The maximum absolute atomic E-state index is 12.9. The van der Waals surface area contributed by atoms with Crippen molar-refractivity contribution in [1.29, 1.82) is 5.26 Å². The molecule has 0 atom stereocenters. The Bertz CT molecular complexity index is 897. The minimum Gasteiger partial charge on any atom is -0.336 e. The molecule has 0 bridgehead atoms. The lowest BCUT2D eigenvalue weighted by atomic mass is 9.88. The van der Waals surface area contributed by atoms with Crippen molar-refractivity contribution in [2.24, 2.45) is 5.92 Å². The fourth-order valence-corrected chi connectivity index (χ4v) is 4.51. The van der Waals surface area contributed by atoms with Gasteiger partial charge in [0.1, 0.15) is 0 Å². The predicted octanol–water partition coefficient (Wildman–Crippen LogP) is 2.32. The van der Waals surface area contributed by atoms with Crippen molar-refractivity contribution in [3.05, 3.63) is 34.9 Å². The minimum atomic E-state index is -4.54. The van der Waals surface area contributed by atoms with Crippen LogP contribution in [0, 0.1) is 17.2 Å². The third-order valence-corrected chi connectivity index (χ3v) is 6.14. The molecular weight excluding hydrogens is 399 g/mol. The highest BCUT2D eigenvalue weighted by Crippen LogP contribution is 2.33. The SMILES string of the molecule is N#Cc1cc(CC2CCN(C(=O)N3CC4(CNC(=O)N4)C3)CC2)ccc1C(F)(F)F. The Balaban J connectivity index is 1.29. The fraction of sp³-hybridized carbons (Fsp3) is 0.550. The first kappa shape index (κ1) is 20.3. The van der Waals surface area contributed by atoms with Crippen LogP contribution >= 0.6 is 0 Å². The van der Waals surface area contributed by atoms with E-state index in [0.717, 1.165) is 18.9 Å². The number of hydrogen-bond acceptors (Lipinski definition) is 3. The molecule has 3 heterocycles. The fourth-order valence-electron chi connectivity index (χ4n) is 4.51. The van der Waals surface area contributed by atoms with Crippen LogP contribution in [0.2, 0.25) is 0 Å². The number of amides is 4. The molecule has 1 aromatic rings. The quantitative estimate of drug-likeness (QED) is 0.768. The zero-order chi connectivity index (χ0) is 21.5. The van der Waals surface area contributed by atoms with E-state index in [1.54, 1.807) is 15.9 Å². The van der Waals surface area contributed by atoms with Crippen molar-refractivity contribution < 1.29 is 22.8 Å². The van der Waals surface area contributed by atoms with Crippen molar-refractivity contribution >= 4 is 12.1 Å². The van der Waals surface area contributed by atoms with Crippen LogP contribution in [-0.2, 0) is 12.6 Å². The summed E-state index contributed by atoms with van der Waals surface area (Å²) in [5, 5.41) is 14.6. The molecule has 3 aliphatic heterocycles. The van der Waals surface area contributed by atoms with E-state index in [-0.39, 0.29) is 29.1 Å². The average Bonchev–Trinajstić information content (AvgIpc) is 3.08. The smallest absolute Gasteiger partial charge is 0.336 e. The first-order valence-electron chi connectivity index (χ1n) is 9.89. The molecule has 1 aromatic carbocycles. The van der Waals surface area contributed by atoms with Gasteiger partial charge in [-0.15, -0.1) is 0 Å². The van der Waals surface area contributed by atoms with E-state index in [1.807, 2.05) is 0 Å². The van der Waals surface area contributed by atoms with E-state index in [2.05, 4.69) is 10.6 Å². The van der Waals surface area contributed by atoms with Gasteiger partial charge in [-0.25, -0.2) is 9.59 Å². The molecule has 0 saturated carbocycles. The Kier molecular flexibility index (Phi) is 5.00. The zero-order valence-electron chi connectivity index (χ0n) is 16.3. The van der Waals surface area contributed by atoms with Gasteiger partial charge in [-0.05, 0) is 42.9 Å². The van der Waals surface area contributed by atoms with Crippen LogP contribution in [0.25, 0.3) is 0 Å². The van der Waals surface area contributed by atoms with Crippen molar-refractivity contribution in [2.45, 2.75) is 31.0 Å². The Morgan fingerprint density at radius 1 is 1.23 bits per heavy atom. The third kappa shape index (κ3) is 3.88. The number of halogens is 3.